The molecule has 3 N–H and O–H groups in total. The number of aliphatic carboxylic acids is 1. The highest BCUT2D eigenvalue weighted by atomic mass is 32.2. The van der Waals surface area contributed by atoms with Crippen LogP contribution in [-0.2, 0) is 9.59 Å². The monoisotopic (exact) mass is 402 g/mol. The molecule has 0 aromatic heterocycles. The first-order valence-electron chi connectivity index (χ1n) is 9.53. The molecule has 0 heterocycles. The molecule has 2 aliphatic rings. The lowest BCUT2D eigenvalue weighted by Crippen LogP contribution is -2.34. The molecule has 0 aliphatic heterocycles. The van der Waals surface area contributed by atoms with Crippen molar-refractivity contribution in [2.24, 2.45) is 11.8 Å². The summed E-state index contributed by atoms with van der Waals surface area (Å²) in [5, 5.41) is 24.4. The Morgan fingerprint density at radius 1 is 1.15 bits per heavy atom. The Morgan fingerprint density at radius 2 is 1.92 bits per heavy atom. The molecule has 148 valence electrons. The predicted molar refractivity (Wildman–Crippen MR) is 106 cm³/mol. The molecule has 0 radical (unpaired) electrons. The van der Waals surface area contributed by atoms with Crippen molar-refractivity contribution >= 4 is 35.3 Å². The summed E-state index contributed by atoms with van der Waals surface area (Å²) in [6.45, 7) is 0. The van der Waals surface area contributed by atoms with Crippen LogP contribution in [0.3, 0.4) is 0 Å². The van der Waals surface area contributed by atoms with Gasteiger partial charge in [-0.15, -0.1) is 11.8 Å². The molecule has 0 aromatic rings. The van der Waals surface area contributed by atoms with Gasteiger partial charge >= 0.3 is 11.1 Å². The first-order valence-corrected chi connectivity index (χ1v) is 11.6. The standard InChI is InChI=1S/C19H30O5S2/c20-16-11-10-15(7-4-2-1-3-6-14-8-9-14)17(16)25-12-5-13-26-19(23,24)18(21)22/h4,7,14-15,17,23-24H,1-3,5-6,8-13H2,(H,21,22)/t15-,17+/m0/s1. The number of carboxylic acids is 1. The van der Waals surface area contributed by atoms with Crippen molar-refractivity contribution in [3.05, 3.63) is 12.2 Å². The van der Waals surface area contributed by atoms with Crippen molar-refractivity contribution < 1.29 is 24.9 Å². The Balaban J connectivity index is 1.60. The highest BCUT2D eigenvalue weighted by Gasteiger charge is 2.34. The zero-order valence-corrected chi connectivity index (χ0v) is 16.8. The maximum atomic E-state index is 12.1. The number of rotatable bonds is 13. The molecule has 5 nitrogen and oxygen atoms in total. The quantitative estimate of drug-likeness (QED) is 0.247. The van der Waals surface area contributed by atoms with E-state index in [1.807, 2.05) is 0 Å². The Morgan fingerprint density at radius 3 is 2.62 bits per heavy atom. The second kappa shape index (κ2) is 10.7. The minimum Gasteiger partial charge on any atom is -0.477 e. The number of hydrogen-bond donors (Lipinski definition) is 3. The minimum absolute atomic E-state index is 0.00445. The number of aliphatic hydroxyl groups is 2. The molecule has 2 fully saturated rings. The molecule has 0 spiro atoms. The van der Waals surface area contributed by atoms with Crippen LogP contribution in [-0.4, -0.2) is 48.9 Å². The fourth-order valence-electron chi connectivity index (χ4n) is 3.17. The van der Waals surface area contributed by atoms with Gasteiger partial charge in [0.2, 0.25) is 0 Å². The predicted octanol–water partition coefficient (Wildman–Crippen LogP) is 3.44. The van der Waals surface area contributed by atoms with Crippen molar-refractivity contribution in [1.29, 1.82) is 0 Å². The van der Waals surface area contributed by atoms with E-state index in [4.69, 9.17) is 5.11 Å². The average Bonchev–Trinajstić information content (AvgIpc) is 3.35. The first kappa shape index (κ1) is 21.8. The summed E-state index contributed by atoms with van der Waals surface area (Å²) in [5.41, 5.74) is 0. The van der Waals surface area contributed by atoms with Gasteiger partial charge in [0.15, 0.2) is 0 Å². The number of ketones is 1. The number of hydrogen-bond acceptors (Lipinski definition) is 6. The topological polar surface area (TPSA) is 94.8 Å². The van der Waals surface area contributed by atoms with Crippen LogP contribution >= 0.6 is 23.5 Å². The van der Waals surface area contributed by atoms with E-state index in [1.54, 1.807) is 11.8 Å². The number of unbranched alkanes of at least 4 members (excludes halogenated alkanes) is 2. The van der Waals surface area contributed by atoms with Crippen LogP contribution in [0, 0.1) is 11.8 Å². The summed E-state index contributed by atoms with van der Waals surface area (Å²) in [5.74, 6) is 0.998. The molecule has 7 heteroatoms. The van der Waals surface area contributed by atoms with E-state index in [-0.39, 0.29) is 5.25 Å². The first-order chi connectivity index (χ1) is 12.4. The third kappa shape index (κ3) is 7.62. The second-order valence-corrected chi connectivity index (χ2v) is 9.75. The fourth-order valence-corrected chi connectivity index (χ4v) is 5.40. The summed E-state index contributed by atoms with van der Waals surface area (Å²) < 4.78 is 0. The molecule has 26 heavy (non-hydrogen) atoms. The Hall–Kier alpha value is -0.500. The summed E-state index contributed by atoms with van der Waals surface area (Å²) in [4.78, 5) is 22.7. The van der Waals surface area contributed by atoms with Gasteiger partial charge in [-0.05, 0) is 49.0 Å². The molecule has 0 unspecified atom stereocenters. The third-order valence-electron chi connectivity index (χ3n) is 4.91. The van der Waals surface area contributed by atoms with Crippen molar-refractivity contribution in [1.82, 2.24) is 0 Å². The maximum Gasteiger partial charge on any atom is 0.375 e. The van der Waals surface area contributed by atoms with Crippen LogP contribution < -0.4 is 0 Å². The summed E-state index contributed by atoms with van der Waals surface area (Å²) in [6.07, 6.45) is 14.5. The molecule has 2 saturated carbocycles. The van der Waals surface area contributed by atoms with Gasteiger partial charge in [0.05, 0.1) is 5.25 Å². The number of allylic oxidation sites excluding steroid dienone is 2. The van der Waals surface area contributed by atoms with Gasteiger partial charge in [0.25, 0.3) is 0 Å². The van der Waals surface area contributed by atoms with Crippen molar-refractivity contribution in [2.45, 2.75) is 68.2 Å². The number of carbonyl (C=O) groups is 2. The van der Waals surface area contributed by atoms with Gasteiger partial charge in [0.1, 0.15) is 5.78 Å². The van der Waals surface area contributed by atoms with Gasteiger partial charge in [-0.2, -0.15) is 0 Å². The van der Waals surface area contributed by atoms with E-state index in [0.29, 0.717) is 47.8 Å². The molecular formula is C19H30O5S2. The highest BCUT2D eigenvalue weighted by Crippen LogP contribution is 2.35. The van der Waals surface area contributed by atoms with Crippen molar-refractivity contribution in [3.63, 3.8) is 0 Å². The van der Waals surface area contributed by atoms with Gasteiger partial charge in [-0.3, -0.25) is 4.79 Å². The third-order valence-corrected chi connectivity index (χ3v) is 7.48. The zero-order valence-electron chi connectivity index (χ0n) is 15.1. The van der Waals surface area contributed by atoms with Gasteiger partial charge in [0, 0.05) is 6.42 Å². The Bertz CT molecular complexity index is 502. The van der Waals surface area contributed by atoms with Crippen LogP contribution in [0.4, 0.5) is 0 Å². The highest BCUT2D eigenvalue weighted by molar-refractivity contribution is 8.01. The van der Waals surface area contributed by atoms with E-state index in [1.165, 1.54) is 32.1 Å². The van der Waals surface area contributed by atoms with E-state index in [2.05, 4.69) is 12.2 Å². The fraction of sp³-hybridized carbons (Fsp3) is 0.789. The number of Topliss-reactive ketones (excluding diaryl/α,β-unsaturated/α-hetero) is 1. The van der Waals surface area contributed by atoms with Crippen LogP contribution in [0.5, 0.6) is 0 Å². The van der Waals surface area contributed by atoms with Gasteiger partial charge in [-0.25, -0.2) is 4.79 Å². The summed E-state index contributed by atoms with van der Waals surface area (Å²) in [7, 11) is 0. The number of thioether (sulfide) groups is 2. The normalized spacial score (nSPS) is 23.8. The smallest absolute Gasteiger partial charge is 0.375 e. The van der Waals surface area contributed by atoms with E-state index in [0.717, 1.165) is 18.8 Å². The molecule has 2 aliphatic carbocycles. The molecule has 0 amide bonds. The maximum absolute atomic E-state index is 12.1. The van der Waals surface area contributed by atoms with E-state index >= 15 is 0 Å². The second-order valence-electron chi connectivity index (χ2n) is 7.23. The SMILES string of the molecule is O=C1CC[C@H](C=CCCCCC2CC2)[C@H]1SCCCSC(O)(O)C(=O)O. The Kier molecular flexibility index (Phi) is 9.00. The van der Waals surface area contributed by atoms with Crippen molar-refractivity contribution in [2.75, 3.05) is 11.5 Å². The average molecular weight is 403 g/mol. The lowest BCUT2D eigenvalue weighted by molar-refractivity contribution is -0.174. The molecule has 0 bridgehead atoms. The van der Waals surface area contributed by atoms with Crippen molar-refractivity contribution in [3.8, 4) is 0 Å². The zero-order chi connectivity index (χ0) is 19.0. The van der Waals surface area contributed by atoms with Gasteiger partial charge in [-0.1, -0.05) is 49.6 Å². The molecule has 0 saturated heterocycles. The molecular weight excluding hydrogens is 372 g/mol. The Labute approximate surface area is 164 Å². The lowest BCUT2D eigenvalue weighted by atomic mass is 10.1. The van der Waals surface area contributed by atoms with E-state index < -0.39 is 11.1 Å². The molecule has 2 atom stereocenters. The van der Waals surface area contributed by atoms with Crippen LogP contribution in [0.1, 0.15) is 57.8 Å². The van der Waals surface area contributed by atoms with E-state index in [9.17, 15) is 19.8 Å². The molecule has 0 aromatic carbocycles. The van der Waals surface area contributed by atoms with Crippen LogP contribution in [0.15, 0.2) is 12.2 Å². The van der Waals surface area contributed by atoms with Gasteiger partial charge < -0.3 is 15.3 Å². The van der Waals surface area contributed by atoms with Crippen LogP contribution in [0.2, 0.25) is 0 Å². The lowest BCUT2D eigenvalue weighted by Gasteiger charge is -2.16. The van der Waals surface area contributed by atoms with Crippen LogP contribution in [0.25, 0.3) is 0 Å². The summed E-state index contributed by atoms with van der Waals surface area (Å²) in [6, 6.07) is 0. The largest absolute Gasteiger partial charge is 0.477 e. The number of carbonyl (C=O) groups excluding carboxylic acids is 1. The molecule has 2 rings (SSSR count). The minimum atomic E-state index is -2.72. The summed E-state index contributed by atoms with van der Waals surface area (Å²) >= 11 is 2.21. The number of carboxylic acid groups (broad SMARTS) is 1.